The van der Waals surface area contributed by atoms with Gasteiger partial charge in [0.05, 0.1) is 18.4 Å². The summed E-state index contributed by atoms with van der Waals surface area (Å²) in [4.78, 5) is 11.7. The zero-order chi connectivity index (χ0) is 11.6. The number of carbonyl (C=O) groups is 1. The molecule has 1 heterocycles. The van der Waals surface area contributed by atoms with Crippen molar-refractivity contribution in [2.45, 2.75) is 27.7 Å². The third-order valence-electron chi connectivity index (χ3n) is 2.72. The molecule has 0 bridgehead atoms. The van der Waals surface area contributed by atoms with Crippen molar-refractivity contribution in [2.24, 2.45) is 21.5 Å². The molecule has 0 aliphatic carbocycles. The molecular formula is C10H17N3O2. The molecule has 0 unspecified atom stereocenters. The molecule has 15 heavy (non-hydrogen) atoms. The smallest absolute Gasteiger partial charge is 0.312 e. The van der Waals surface area contributed by atoms with Crippen LogP contribution in [0, 0.1) is 11.3 Å². The summed E-state index contributed by atoms with van der Waals surface area (Å²) in [5, 5.41) is 8.03. The van der Waals surface area contributed by atoms with Gasteiger partial charge in [0.1, 0.15) is 0 Å². The first-order chi connectivity index (χ1) is 6.91. The lowest BCUT2D eigenvalue weighted by Gasteiger charge is -2.32. The first-order valence-electron chi connectivity index (χ1n) is 4.83. The van der Waals surface area contributed by atoms with Crippen LogP contribution in [0.2, 0.25) is 0 Å². The number of hydrogen-bond donors (Lipinski definition) is 1. The van der Waals surface area contributed by atoms with Crippen molar-refractivity contribution in [1.82, 2.24) is 5.53 Å². The Hall–Kier alpha value is -1.39. The Labute approximate surface area is 89.6 Å². The summed E-state index contributed by atoms with van der Waals surface area (Å²) in [5.41, 5.74) is 3.62. The van der Waals surface area contributed by atoms with Gasteiger partial charge in [-0.05, 0) is 27.7 Å². The number of hydrazone groups is 2. The summed E-state index contributed by atoms with van der Waals surface area (Å²) in [5.74, 6) is -0.357. The van der Waals surface area contributed by atoms with E-state index in [1.807, 2.05) is 27.7 Å². The summed E-state index contributed by atoms with van der Waals surface area (Å²) in [6, 6.07) is 0. The highest BCUT2D eigenvalue weighted by Crippen LogP contribution is 2.31. The summed E-state index contributed by atoms with van der Waals surface area (Å²) >= 11 is 0. The fourth-order valence-electron chi connectivity index (χ4n) is 2.04. The van der Waals surface area contributed by atoms with E-state index in [0.717, 1.165) is 11.4 Å². The number of methoxy groups -OCH3 is 1. The van der Waals surface area contributed by atoms with Crippen molar-refractivity contribution in [1.29, 1.82) is 0 Å². The first-order valence-corrected chi connectivity index (χ1v) is 4.83. The molecule has 5 heteroatoms. The quantitative estimate of drug-likeness (QED) is 0.697. The second-order valence-electron chi connectivity index (χ2n) is 4.25. The molecule has 0 radical (unpaired) electrons. The van der Waals surface area contributed by atoms with Gasteiger partial charge in [-0.2, -0.15) is 15.7 Å². The highest BCUT2D eigenvalue weighted by Gasteiger charge is 2.42. The van der Waals surface area contributed by atoms with E-state index in [1.165, 1.54) is 7.11 Å². The molecule has 5 nitrogen and oxygen atoms in total. The zero-order valence-corrected chi connectivity index (χ0v) is 9.79. The van der Waals surface area contributed by atoms with Crippen LogP contribution < -0.4 is 5.53 Å². The molecule has 1 rings (SSSR count). The van der Waals surface area contributed by atoms with Crippen molar-refractivity contribution < 1.29 is 9.53 Å². The molecular weight excluding hydrogens is 194 g/mol. The topological polar surface area (TPSA) is 63.0 Å². The summed E-state index contributed by atoms with van der Waals surface area (Å²) < 4.78 is 4.80. The van der Waals surface area contributed by atoms with Crippen LogP contribution in [0.5, 0.6) is 0 Å². The third-order valence-corrected chi connectivity index (χ3v) is 2.72. The molecule has 0 fully saturated rings. The van der Waals surface area contributed by atoms with Crippen LogP contribution in [0.4, 0.5) is 0 Å². The van der Waals surface area contributed by atoms with Crippen LogP contribution in [0.1, 0.15) is 27.7 Å². The molecule has 0 saturated heterocycles. The minimum Gasteiger partial charge on any atom is -0.469 e. The molecule has 1 aliphatic heterocycles. The molecule has 84 valence electrons. The Balaban J connectivity index is 3.04. The van der Waals surface area contributed by atoms with E-state index in [2.05, 4.69) is 15.7 Å². The molecule has 0 aromatic heterocycles. The monoisotopic (exact) mass is 211 g/mol. The van der Waals surface area contributed by atoms with E-state index in [0.29, 0.717) is 0 Å². The van der Waals surface area contributed by atoms with Gasteiger partial charge in [0.2, 0.25) is 0 Å². The van der Waals surface area contributed by atoms with Gasteiger partial charge < -0.3 is 4.74 Å². The number of hydrogen-bond acceptors (Lipinski definition) is 5. The van der Waals surface area contributed by atoms with E-state index in [4.69, 9.17) is 4.74 Å². The fraction of sp³-hybridized carbons (Fsp3) is 0.700. The van der Waals surface area contributed by atoms with Gasteiger partial charge in [-0.15, -0.1) is 0 Å². The number of nitrogens with zero attached hydrogens (tertiary/aromatic N) is 2. The van der Waals surface area contributed by atoms with E-state index in [1.54, 1.807) is 0 Å². The molecule has 0 aromatic carbocycles. The molecule has 0 saturated carbocycles. The Morgan fingerprint density at radius 2 is 1.80 bits per heavy atom. The van der Waals surface area contributed by atoms with Gasteiger partial charge in [-0.3, -0.25) is 4.79 Å². The Morgan fingerprint density at radius 3 is 2.20 bits per heavy atom. The standard InChI is InChI=1S/C10H17N3O2/c1-6-8(7(2)12-13-11-6)10(3,4)9(14)15-5/h8,13H,1-5H3. The highest BCUT2D eigenvalue weighted by molar-refractivity contribution is 6.09. The maximum Gasteiger partial charge on any atom is 0.312 e. The van der Waals surface area contributed by atoms with Crippen molar-refractivity contribution >= 4 is 17.4 Å². The van der Waals surface area contributed by atoms with Crippen molar-refractivity contribution in [3.63, 3.8) is 0 Å². The van der Waals surface area contributed by atoms with Crippen LogP contribution in [-0.2, 0) is 9.53 Å². The number of esters is 1. The number of carbonyl (C=O) groups excluding carboxylic acids is 1. The average Bonchev–Trinajstić information content (AvgIpc) is 2.15. The maximum atomic E-state index is 11.7. The van der Waals surface area contributed by atoms with E-state index in [-0.39, 0.29) is 11.9 Å². The molecule has 0 atom stereocenters. The Morgan fingerprint density at radius 1 is 1.33 bits per heavy atom. The van der Waals surface area contributed by atoms with Crippen molar-refractivity contribution in [3.05, 3.63) is 0 Å². The predicted octanol–water partition coefficient (Wildman–Crippen LogP) is 1.16. The minimum atomic E-state index is -0.641. The highest BCUT2D eigenvalue weighted by atomic mass is 16.5. The molecule has 1 aliphatic rings. The predicted molar refractivity (Wildman–Crippen MR) is 58.6 cm³/mol. The van der Waals surface area contributed by atoms with Crippen LogP contribution in [-0.4, -0.2) is 24.5 Å². The number of rotatable bonds is 2. The molecule has 1 N–H and O–H groups in total. The minimum absolute atomic E-state index is 0.105. The normalized spacial score (nSPS) is 17.7. The Bertz CT molecular complexity index is 314. The average molecular weight is 211 g/mol. The van der Waals surface area contributed by atoms with Gasteiger partial charge in [0, 0.05) is 11.4 Å². The lowest BCUT2D eigenvalue weighted by molar-refractivity contribution is -0.151. The van der Waals surface area contributed by atoms with E-state index >= 15 is 0 Å². The molecule has 0 aromatic rings. The van der Waals surface area contributed by atoms with Crippen LogP contribution in [0.3, 0.4) is 0 Å². The SMILES string of the molecule is COC(=O)C(C)(C)C1C(C)=NNN=C1C. The summed E-state index contributed by atoms with van der Waals surface area (Å²) in [7, 11) is 1.39. The number of ether oxygens (including phenoxy) is 1. The lowest BCUT2D eigenvalue weighted by Crippen LogP contribution is -2.44. The lowest BCUT2D eigenvalue weighted by atomic mass is 9.74. The zero-order valence-electron chi connectivity index (χ0n) is 9.79. The van der Waals surface area contributed by atoms with E-state index < -0.39 is 5.41 Å². The van der Waals surface area contributed by atoms with Gasteiger partial charge in [0.25, 0.3) is 0 Å². The van der Waals surface area contributed by atoms with Gasteiger partial charge in [0.15, 0.2) is 0 Å². The largest absolute Gasteiger partial charge is 0.469 e. The summed E-state index contributed by atoms with van der Waals surface area (Å²) in [6.45, 7) is 7.43. The first kappa shape index (κ1) is 11.7. The second kappa shape index (κ2) is 4.00. The molecule has 0 amide bonds. The Kier molecular flexibility index (Phi) is 3.12. The van der Waals surface area contributed by atoms with Gasteiger partial charge in [-0.1, -0.05) is 0 Å². The van der Waals surface area contributed by atoms with Crippen LogP contribution in [0.25, 0.3) is 0 Å². The number of nitrogens with one attached hydrogen (secondary N) is 1. The third kappa shape index (κ3) is 2.00. The fourth-order valence-corrected chi connectivity index (χ4v) is 2.04. The van der Waals surface area contributed by atoms with Gasteiger partial charge in [-0.25, -0.2) is 0 Å². The van der Waals surface area contributed by atoms with Crippen LogP contribution >= 0.6 is 0 Å². The van der Waals surface area contributed by atoms with Crippen LogP contribution in [0.15, 0.2) is 10.2 Å². The maximum absolute atomic E-state index is 11.7. The van der Waals surface area contributed by atoms with Gasteiger partial charge >= 0.3 is 5.97 Å². The van der Waals surface area contributed by atoms with E-state index in [9.17, 15) is 4.79 Å². The molecule has 0 spiro atoms. The van der Waals surface area contributed by atoms with Crippen molar-refractivity contribution in [2.75, 3.05) is 7.11 Å². The second-order valence-corrected chi connectivity index (χ2v) is 4.25. The summed E-state index contributed by atoms with van der Waals surface area (Å²) in [6.07, 6.45) is 0. The van der Waals surface area contributed by atoms with Crippen molar-refractivity contribution in [3.8, 4) is 0 Å².